The molecule has 1 heterocycles. The lowest BCUT2D eigenvalue weighted by molar-refractivity contribution is -0.137. The van der Waals surface area contributed by atoms with Crippen molar-refractivity contribution in [1.82, 2.24) is 10.2 Å². The first-order valence-corrected chi connectivity index (χ1v) is 7.63. The summed E-state index contributed by atoms with van der Waals surface area (Å²) in [6.45, 7) is 3.06. The van der Waals surface area contributed by atoms with Crippen LogP contribution in [0, 0.1) is 0 Å². The molecule has 0 spiro atoms. The lowest BCUT2D eigenvalue weighted by Crippen LogP contribution is -2.40. The van der Waals surface area contributed by atoms with Crippen LogP contribution in [0.4, 0.5) is 13.2 Å². The highest BCUT2D eigenvalue weighted by molar-refractivity contribution is 5.78. The van der Waals surface area contributed by atoms with Gasteiger partial charge in [0.1, 0.15) is 0 Å². The summed E-state index contributed by atoms with van der Waals surface area (Å²) in [4.78, 5) is 13.9. The van der Waals surface area contributed by atoms with E-state index < -0.39 is 17.8 Å². The van der Waals surface area contributed by atoms with Gasteiger partial charge < -0.3 is 10.4 Å². The SMILES string of the molecule is C[C@H]1CCCN1CC(=O)NC[C@H](O)c1cccc(C(F)(F)F)c1. The maximum Gasteiger partial charge on any atom is 0.416 e. The number of halogens is 3. The van der Waals surface area contributed by atoms with Crippen LogP contribution in [0.15, 0.2) is 24.3 Å². The average Bonchev–Trinajstić information content (AvgIpc) is 2.89. The molecule has 0 saturated carbocycles. The molecule has 0 unspecified atom stereocenters. The first-order chi connectivity index (χ1) is 10.8. The van der Waals surface area contributed by atoms with Gasteiger partial charge in [-0.25, -0.2) is 0 Å². The van der Waals surface area contributed by atoms with Crippen LogP contribution in [0.5, 0.6) is 0 Å². The number of likely N-dealkylation sites (tertiary alicyclic amines) is 1. The first kappa shape index (κ1) is 17.7. The Morgan fingerprint density at radius 3 is 2.83 bits per heavy atom. The Morgan fingerprint density at radius 2 is 2.22 bits per heavy atom. The molecule has 4 nitrogen and oxygen atoms in total. The van der Waals surface area contributed by atoms with E-state index in [1.807, 2.05) is 4.90 Å². The van der Waals surface area contributed by atoms with Crippen molar-refractivity contribution in [3.8, 4) is 0 Å². The number of hydrogen-bond acceptors (Lipinski definition) is 3. The lowest BCUT2D eigenvalue weighted by atomic mass is 10.1. The fourth-order valence-electron chi connectivity index (χ4n) is 2.72. The van der Waals surface area contributed by atoms with Crippen molar-refractivity contribution in [2.45, 2.75) is 38.1 Å². The molecular weight excluding hydrogens is 309 g/mol. The Labute approximate surface area is 133 Å². The Hall–Kier alpha value is -1.60. The smallest absolute Gasteiger partial charge is 0.387 e. The predicted molar refractivity (Wildman–Crippen MR) is 79.7 cm³/mol. The molecule has 0 aromatic heterocycles. The molecule has 128 valence electrons. The van der Waals surface area contributed by atoms with Crippen molar-refractivity contribution in [1.29, 1.82) is 0 Å². The molecule has 1 aliphatic rings. The Bertz CT molecular complexity index is 548. The van der Waals surface area contributed by atoms with Crippen molar-refractivity contribution in [2.75, 3.05) is 19.6 Å². The van der Waals surface area contributed by atoms with Crippen molar-refractivity contribution >= 4 is 5.91 Å². The molecular formula is C16H21F3N2O2. The highest BCUT2D eigenvalue weighted by atomic mass is 19.4. The van der Waals surface area contributed by atoms with E-state index in [0.717, 1.165) is 31.5 Å². The summed E-state index contributed by atoms with van der Waals surface area (Å²) in [6, 6.07) is 4.86. The molecule has 2 atom stereocenters. The molecule has 0 bridgehead atoms. The predicted octanol–water partition coefficient (Wildman–Crippen LogP) is 2.34. The van der Waals surface area contributed by atoms with E-state index in [1.54, 1.807) is 0 Å². The Kier molecular flexibility index (Phi) is 5.64. The summed E-state index contributed by atoms with van der Waals surface area (Å²) in [7, 11) is 0. The molecule has 1 fully saturated rings. The number of carbonyl (C=O) groups is 1. The number of nitrogens with zero attached hydrogens (tertiary/aromatic N) is 1. The third kappa shape index (κ3) is 4.94. The van der Waals surface area contributed by atoms with Crippen LogP contribution in [0.25, 0.3) is 0 Å². The monoisotopic (exact) mass is 330 g/mol. The third-order valence-corrected chi connectivity index (χ3v) is 4.13. The number of benzene rings is 1. The van der Waals surface area contributed by atoms with Crippen molar-refractivity contribution in [2.24, 2.45) is 0 Å². The summed E-state index contributed by atoms with van der Waals surface area (Å²) < 4.78 is 38.0. The standard InChI is InChI=1S/C16H21F3N2O2/c1-11-4-3-7-21(11)10-15(23)20-9-14(22)12-5-2-6-13(8-12)16(17,18)19/h2,5-6,8,11,14,22H,3-4,7,9-10H2,1H3,(H,20,23)/t11-,14-/m0/s1. The van der Waals surface area contributed by atoms with E-state index in [1.165, 1.54) is 12.1 Å². The van der Waals surface area contributed by atoms with Crippen LogP contribution in [-0.4, -0.2) is 41.6 Å². The van der Waals surface area contributed by atoms with E-state index in [0.29, 0.717) is 6.04 Å². The number of nitrogens with one attached hydrogen (secondary N) is 1. The van der Waals surface area contributed by atoms with E-state index in [4.69, 9.17) is 0 Å². The number of aliphatic hydroxyl groups is 1. The number of carbonyl (C=O) groups excluding carboxylic acids is 1. The summed E-state index contributed by atoms with van der Waals surface area (Å²) in [5.41, 5.74) is -0.680. The Morgan fingerprint density at radius 1 is 1.48 bits per heavy atom. The molecule has 0 aliphatic carbocycles. The van der Waals surface area contributed by atoms with Crippen LogP contribution >= 0.6 is 0 Å². The maximum atomic E-state index is 12.7. The fraction of sp³-hybridized carbons (Fsp3) is 0.562. The van der Waals surface area contributed by atoms with Gasteiger partial charge in [0.25, 0.3) is 0 Å². The zero-order valence-corrected chi connectivity index (χ0v) is 12.9. The van der Waals surface area contributed by atoms with Gasteiger partial charge in [0.15, 0.2) is 0 Å². The fourth-order valence-corrected chi connectivity index (χ4v) is 2.72. The van der Waals surface area contributed by atoms with Gasteiger partial charge in [-0.1, -0.05) is 12.1 Å². The Balaban J connectivity index is 1.87. The molecule has 1 amide bonds. The normalized spacial score (nSPS) is 20.5. The quantitative estimate of drug-likeness (QED) is 0.871. The number of rotatable bonds is 5. The topological polar surface area (TPSA) is 52.6 Å². The second-order valence-electron chi connectivity index (χ2n) is 5.90. The van der Waals surface area contributed by atoms with Gasteiger partial charge in [-0.3, -0.25) is 9.69 Å². The number of alkyl halides is 3. The van der Waals surface area contributed by atoms with Crippen LogP contribution < -0.4 is 5.32 Å². The zero-order valence-electron chi connectivity index (χ0n) is 12.9. The largest absolute Gasteiger partial charge is 0.416 e. The molecule has 2 N–H and O–H groups in total. The zero-order chi connectivity index (χ0) is 17.0. The summed E-state index contributed by atoms with van der Waals surface area (Å²) in [6.07, 6.45) is -3.51. The molecule has 1 aliphatic heterocycles. The highest BCUT2D eigenvalue weighted by Gasteiger charge is 2.31. The molecule has 1 aromatic carbocycles. The van der Waals surface area contributed by atoms with Gasteiger partial charge >= 0.3 is 6.18 Å². The van der Waals surface area contributed by atoms with Crippen LogP contribution in [0.3, 0.4) is 0 Å². The average molecular weight is 330 g/mol. The molecule has 23 heavy (non-hydrogen) atoms. The second-order valence-corrected chi connectivity index (χ2v) is 5.90. The summed E-state index contributed by atoms with van der Waals surface area (Å²) in [5.74, 6) is -0.232. The van der Waals surface area contributed by atoms with Crippen LogP contribution in [0.1, 0.15) is 37.0 Å². The molecule has 1 aromatic rings. The van der Waals surface area contributed by atoms with Crippen molar-refractivity contribution in [3.05, 3.63) is 35.4 Å². The number of amides is 1. The third-order valence-electron chi connectivity index (χ3n) is 4.13. The minimum Gasteiger partial charge on any atom is -0.387 e. The van der Waals surface area contributed by atoms with Gasteiger partial charge in [0.05, 0.1) is 18.2 Å². The highest BCUT2D eigenvalue weighted by Crippen LogP contribution is 2.30. The van der Waals surface area contributed by atoms with Gasteiger partial charge in [-0.05, 0) is 44.0 Å². The van der Waals surface area contributed by atoms with E-state index in [9.17, 15) is 23.1 Å². The first-order valence-electron chi connectivity index (χ1n) is 7.63. The van der Waals surface area contributed by atoms with Crippen LogP contribution in [0.2, 0.25) is 0 Å². The van der Waals surface area contributed by atoms with E-state index >= 15 is 0 Å². The van der Waals surface area contributed by atoms with Gasteiger partial charge in [0, 0.05) is 12.6 Å². The maximum absolute atomic E-state index is 12.7. The van der Waals surface area contributed by atoms with Gasteiger partial charge in [-0.15, -0.1) is 0 Å². The van der Waals surface area contributed by atoms with Crippen molar-refractivity contribution < 1.29 is 23.1 Å². The number of hydrogen-bond donors (Lipinski definition) is 2. The summed E-state index contributed by atoms with van der Waals surface area (Å²) in [5, 5.41) is 12.6. The molecule has 0 radical (unpaired) electrons. The van der Waals surface area contributed by atoms with E-state index in [2.05, 4.69) is 12.2 Å². The van der Waals surface area contributed by atoms with Crippen LogP contribution in [-0.2, 0) is 11.0 Å². The molecule has 2 rings (SSSR count). The minimum atomic E-state index is -4.45. The summed E-state index contributed by atoms with van der Waals surface area (Å²) >= 11 is 0. The van der Waals surface area contributed by atoms with Crippen molar-refractivity contribution in [3.63, 3.8) is 0 Å². The van der Waals surface area contributed by atoms with E-state index in [-0.39, 0.29) is 24.6 Å². The van der Waals surface area contributed by atoms with Gasteiger partial charge in [0.2, 0.25) is 5.91 Å². The number of aliphatic hydroxyl groups excluding tert-OH is 1. The molecule has 7 heteroatoms. The molecule has 1 saturated heterocycles. The second kappa shape index (κ2) is 7.31. The van der Waals surface area contributed by atoms with Gasteiger partial charge in [-0.2, -0.15) is 13.2 Å². The minimum absolute atomic E-state index is 0.109. The lowest BCUT2D eigenvalue weighted by Gasteiger charge is -2.21.